The molecule has 0 aliphatic rings. The van der Waals surface area contributed by atoms with E-state index in [-0.39, 0.29) is 16.8 Å². The number of sulfone groups is 1. The van der Waals surface area contributed by atoms with E-state index in [9.17, 15) is 13.2 Å². The zero-order valence-electron chi connectivity index (χ0n) is 18.7. The van der Waals surface area contributed by atoms with E-state index in [1.54, 1.807) is 12.5 Å². The van der Waals surface area contributed by atoms with Gasteiger partial charge in [-0.25, -0.2) is 23.4 Å². The zero-order valence-corrected chi connectivity index (χ0v) is 20.3. The van der Waals surface area contributed by atoms with Crippen LogP contribution in [-0.4, -0.2) is 40.1 Å². The third-order valence-corrected chi connectivity index (χ3v) is 7.77. The third-order valence-electron chi connectivity index (χ3n) is 5.63. The monoisotopic (exact) mass is 491 g/mol. The molecule has 0 fully saturated rings. The Hall–Kier alpha value is -3.63. The number of hydrogen-bond donors (Lipinski definition) is 1. The molecule has 5 aromatic rings. The van der Waals surface area contributed by atoms with Crippen molar-refractivity contribution in [2.75, 3.05) is 6.26 Å². The summed E-state index contributed by atoms with van der Waals surface area (Å²) in [5.41, 5.74) is 4.84. The summed E-state index contributed by atoms with van der Waals surface area (Å²) in [5, 5.41) is 3.82. The van der Waals surface area contributed by atoms with Crippen molar-refractivity contribution in [3.05, 3.63) is 72.2 Å². The summed E-state index contributed by atoms with van der Waals surface area (Å²) >= 11 is 1.51. The maximum atomic E-state index is 12.7. The first-order valence-electron chi connectivity index (χ1n) is 10.5. The van der Waals surface area contributed by atoms with Gasteiger partial charge < -0.3 is 9.88 Å². The lowest BCUT2D eigenvalue weighted by atomic mass is 10.0. The SMILES string of the molecule is C[C@H](NC(=O)c1ccc(S(C)(=O)=O)cc1)c1cccc(-c2nc3c(ncc4ncn(C)c43)s2)c1. The number of fused-ring (bicyclic) bond motifs is 3. The second-order valence-electron chi connectivity index (χ2n) is 8.14. The van der Waals surface area contributed by atoms with Gasteiger partial charge in [0.2, 0.25) is 0 Å². The topological polar surface area (TPSA) is 107 Å². The van der Waals surface area contributed by atoms with Crippen molar-refractivity contribution in [1.29, 1.82) is 0 Å². The van der Waals surface area contributed by atoms with Crippen LogP contribution in [0.3, 0.4) is 0 Å². The molecular weight excluding hydrogens is 470 g/mol. The Morgan fingerprint density at radius 2 is 1.88 bits per heavy atom. The molecule has 1 amide bonds. The number of amides is 1. The lowest BCUT2D eigenvalue weighted by Crippen LogP contribution is -2.26. The first kappa shape index (κ1) is 22.2. The Morgan fingerprint density at radius 1 is 1.12 bits per heavy atom. The van der Waals surface area contributed by atoms with Crippen LogP contribution in [0.5, 0.6) is 0 Å². The summed E-state index contributed by atoms with van der Waals surface area (Å²) < 4.78 is 25.2. The molecule has 0 aliphatic carbocycles. The van der Waals surface area contributed by atoms with Crippen molar-refractivity contribution in [3.63, 3.8) is 0 Å². The molecule has 34 heavy (non-hydrogen) atoms. The van der Waals surface area contributed by atoms with Gasteiger partial charge in [-0.15, -0.1) is 0 Å². The Bertz CT molecular complexity index is 1650. The van der Waals surface area contributed by atoms with Crippen LogP contribution in [0.1, 0.15) is 28.9 Å². The van der Waals surface area contributed by atoms with Crippen LogP contribution in [0.4, 0.5) is 0 Å². The van der Waals surface area contributed by atoms with Crippen LogP contribution < -0.4 is 5.32 Å². The van der Waals surface area contributed by atoms with Gasteiger partial charge in [0.25, 0.3) is 5.91 Å². The molecule has 1 N–H and O–H groups in total. The van der Waals surface area contributed by atoms with Crippen molar-refractivity contribution in [3.8, 4) is 10.6 Å². The van der Waals surface area contributed by atoms with Gasteiger partial charge in [0.1, 0.15) is 20.9 Å². The highest BCUT2D eigenvalue weighted by Gasteiger charge is 2.16. The van der Waals surface area contributed by atoms with Crippen LogP contribution >= 0.6 is 11.3 Å². The summed E-state index contributed by atoms with van der Waals surface area (Å²) in [7, 11) is -1.37. The Labute approximate surface area is 200 Å². The summed E-state index contributed by atoms with van der Waals surface area (Å²) in [6, 6.07) is 13.5. The standard InChI is InChI=1S/C24H21N5O3S2/c1-14(27-22(30)15-7-9-18(10-8-15)34(3,31)32)16-5-4-6-17(11-16)23-28-20-21-19(26-13-29(21)2)12-25-24(20)33-23/h4-14H,1-3H3,(H,27,30)/t14-/m0/s1. The Balaban J connectivity index is 1.40. The number of hydrogen-bond acceptors (Lipinski definition) is 7. The van der Waals surface area contributed by atoms with Crippen molar-refractivity contribution in [2.45, 2.75) is 17.9 Å². The van der Waals surface area contributed by atoms with Crippen LogP contribution in [-0.2, 0) is 16.9 Å². The maximum Gasteiger partial charge on any atom is 0.251 e. The van der Waals surface area contributed by atoms with E-state index >= 15 is 0 Å². The number of pyridine rings is 1. The fourth-order valence-electron chi connectivity index (χ4n) is 3.79. The van der Waals surface area contributed by atoms with Gasteiger partial charge in [0, 0.05) is 24.4 Å². The molecule has 5 rings (SSSR count). The minimum Gasteiger partial charge on any atom is -0.346 e. The van der Waals surface area contributed by atoms with Gasteiger partial charge in [0.05, 0.1) is 29.0 Å². The molecule has 0 radical (unpaired) electrons. The van der Waals surface area contributed by atoms with Crippen molar-refractivity contribution in [1.82, 2.24) is 24.8 Å². The first-order valence-corrected chi connectivity index (χ1v) is 13.2. The number of thiazole rings is 1. The minimum atomic E-state index is -3.31. The van der Waals surface area contributed by atoms with Crippen molar-refractivity contribution < 1.29 is 13.2 Å². The van der Waals surface area contributed by atoms with Crippen molar-refractivity contribution in [2.24, 2.45) is 7.05 Å². The summed E-state index contributed by atoms with van der Waals surface area (Å²) in [4.78, 5) is 27.4. The van der Waals surface area contributed by atoms with E-state index < -0.39 is 9.84 Å². The van der Waals surface area contributed by atoms with Crippen LogP contribution in [0.15, 0.2) is 66.0 Å². The molecule has 3 aromatic heterocycles. The molecule has 0 saturated heterocycles. The number of nitrogens with one attached hydrogen (secondary N) is 1. The fourth-order valence-corrected chi connectivity index (χ4v) is 5.33. The highest BCUT2D eigenvalue weighted by molar-refractivity contribution is 7.90. The quantitative estimate of drug-likeness (QED) is 0.396. The summed E-state index contributed by atoms with van der Waals surface area (Å²) in [5.74, 6) is -0.277. The third kappa shape index (κ3) is 4.06. The molecule has 2 aromatic carbocycles. The van der Waals surface area contributed by atoms with Gasteiger partial charge in [-0.05, 0) is 42.8 Å². The fraction of sp³-hybridized carbons (Fsp3) is 0.167. The number of nitrogens with zero attached hydrogens (tertiary/aromatic N) is 4. The van der Waals surface area contributed by atoms with E-state index in [1.807, 2.05) is 42.8 Å². The number of aromatic nitrogens is 4. The van der Waals surface area contributed by atoms with Gasteiger partial charge in [-0.1, -0.05) is 29.5 Å². The first-order chi connectivity index (χ1) is 16.2. The van der Waals surface area contributed by atoms with Gasteiger partial charge >= 0.3 is 0 Å². The van der Waals surface area contributed by atoms with Gasteiger partial charge in [-0.2, -0.15) is 0 Å². The number of rotatable bonds is 5. The second-order valence-corrected chi connectivity index (χ2v) is 11.1. The van der Waals surface area contributed by atoms with Crippen molar-refractivity contribution >= 4 is 48.5 Å². The van der Waals surface area contributed by atoms with E-state index in [0.717, 1.165) is 43.8 Å². The molecular formula is C24H21N5O3S2. The number of carbonyl (C=O) groups excluding carboxylic acids is 1. The minimum absolute atomic E-state index is 0.179. The molecule has 0 aliphatic heterocycles. The summed E-state index contributed by atoms with van der Waals surface area (Å²) in [6.45, 7) is 1.90. The Morgan fingerprint density at radius 3 is 2.62 bits per heavy atom. The molecule has 0 saturated carbocycles. The molecule has 0 bridgehead atoms. The van der Waals surface area contributed by atoms with Crippen LogP contribution in [0, 0.1) is 0 Å². The predicted molar refractivity (Wildman–Crippen MR) is 133 cm³/mol. The molecule has 3 heterocycles. The zero-order chi connectivity index (χ0) is 24.0. The number of imidazole rings is 1. The Kier molecular flexibility index (Phi) is 5.41. The van der Waals surface area contributed by atoms with E-state index in [4.69, 9.17) is 4.98 Å². The normalized spacial score (nSPS) is 12.8. The molecule has 172 valence electrons. The van der Waals surface area contributed by atoms with Gasteiger partial charge in [0.15, 0.2) is 9.84 Å². The largest absolute Gasteiger partial charge is 0.346 e. The number of benzene rings is 2. The van der Waals surface area contributed by atoms with E-state index in [0.29, 0.717) is 5.56 Å². The molecule has 1 atom stereocenters. The molecule has 0 unspecified atom stereocenters. The lowest BCUT2D eigenvalue weighted by molar-refractivity contribution is 0.0940. The molecule has 10 heteroatoms. The average molecular weight is 492 g/mol. The van der Waals surface area contributed by atoms with Gasteiger partial charge in [-0.3, -0.25) is 4.79 Å². The maximum absolute atomic E-state index is 12.7. The average Bonchev–Trinajstić information content (AvgIpc) is 3.42. The van der Waals surface area contributed by atoms with Crippen LogP contribution in [0.25, 0.3) is 32.0 Å². The van der Waals surface area contributed by atoms with E-state index in [2.05, 4.69) is 15.3 Å². The highest BCUT2D eigenvalue weighted by Crippen LogP contribution is 2.33. The smallest absolute Gasteiger partial charge is 0.251 e. The van der Waals surface area contributed by atoms with Crippen LogP contribution in [0.2, 0.25) is 0 Å². The summed E-state index contributed by atoms with van der Waals surface area (Å²) in [6.07, 6.45) is 4.65. The lowest BCUT2D eigenvalue weighted by Gasteiger charge is -2.15. The predicted octanol–water partition coefficient (Wildman–Crippen LogP) is 4.14. The second kappa shape index (κ2) is 8.30. The number of carbonyl (C=O) groups is 1. The molecule has 0 spiro atoms. The highest BCUT2D eigenvalue weighted by atomic mass is 32.2. The molecule has 8 nitrogen and oxygen atoms in total. The number of aryl methyl sites for hydroxylation is 1. The van der Waals surface area contributed by atoms with E-state index in [1.165, 1.54) is 35.6 Å².